The number of carbonyl (C=O) groups is 3. The van der Waals surface area contributed by atoms with Crippen molar-refractivity contribution in [3.8, 4) is 0 Å². The number of thioether (sulfide) groups is 1. The molecule has 0 atom stereocenters. The number of rotatable bonds is 4. The zero-order valence-electron chi connectivity index (χ0n) is 9.18. The van der Waals surface area contributed by atoms with Gasteiger partial charge in [-0.1, -0.05) is 0 Å². The normalized spacial score (nSPS) is 15.4. The Morgan fingerprint density at radius 1 is 1.24 bits per heavy atom. The number of nitrogens with zero attached hydrogens (tertiary/aromatic N) is 1. The summed E-state index contributed by atoms with van der Waals surface area (Å²) in [4.78, 5) is 34.4. The van der Waals surface area contributed by atoms with Crippen molar-refractivity contribution in [2.24, 2.45) is 0 Å². The summed E-state index contributed by atoms with van der Waals surface area (Å²) in [5.74, 6) is -0.0690. The molecule has 2 N–H and O–H groups in total. The third kappa shape index (κ3) is 5.55. The van der Waals surface area contributed by atoms with Crippen LogP contribution in [0, 0.1) is 0 Å². The van der Waals surface area contributed by atoms with E-state index in [0.29, 0.717) is 13.1 Å². The molecule has 0 spiro atoms. The highest BCUT2D eigenvalue weighted by molar-refractivity contribution is 7.99. The van der Waals surface area contributed by atoms with Gasteiger partial charge in [0, 0.05) is 24.6 Å². The third-order valence-electron chi connectivity index (χ3n) is 2.00. The summed E-state index contributed by atoms with van der Waals surface area (Å²) >= 11 is 1.76. The highest BCUT2D eigenvalue weighted by atomic mass is 32.2. The average Bonchev–Trinajstić information content (AvgIpc) is 2.29. The predicted octanol–water partition coefficient (Wildman–Crippen LogP) is -0.627. The largest absolute Gasteiger partial charge is 0.480 e. The number of nitrogens with one attached hydrogen (secondary N) is 1. The molecule has 17 heavy (non-hydrogen) atoms. The van der Waals surface area contributed by atoms with Crippen molar-refractivity contribution in [2.45, 2.75) is 0 Å². The van der Waals surface area contributed by atoms with Crippen LogP contribution < -0.4 is 5.32 Å². The van der Waals surface area contributed by atoms with Gasteiger partial charge >= 0.3 is 12.0 Å². The van der Waals surface area contributed by atoms with Gasteiger partial charge in [0.2, 0.25) is 0 Å². The van der Waals surface area contributed by atoms with Crippen LogP contribution in [0.1, 0.15) is 0 Å². The zero-order chi connectivity index (χ0) is 12.7. The number of carbonyl (C=O) groups excluding carboxylic acids is 2. The Morgan fingerprint density at radius 3 is 2.47 bits per heavy atom. The van der Waals surface area contributed by atoms with E-state index in [1.54, 1.807) is 16.7 Å². The molecule has 1 heterocycles. The van der Waals surface area contributed by atoms with Gasteiger partial charge in [0.25, 0.3) is 5.91 Å². The number of amides is 3. The number of carboxylic acid groups (broad SMARTS) is 1. The van der Waals surface area contributed by atoms with E-state index in [4.69, 9.17) is 5.11 Å². The molecule has 1 aliphatic rings. The Kier molecular flexibility index (Phi) is 5.78. The van der Waals surface area contributed by atoms with Crippen LogP contribution in [-0.2, 0) is 14.3 Å². The Labute approximate surface area is 102 Å². The highest BCUT2D eigenvalue weighted by Gasteiger charge is 2.18. The minimum Gasteiger partial charge on any atom is -0.480 e. The van der Waals surface area contributed by atoms with Crippen molar-refractivity contribution >= 4 is 29.7 Å². The number of aliphatic carboxylic acids is 1. The van der Waals surface area contributed by atoms with Crippen LogP contribution in [0.15, 0.2) is 0 Å². The van der Waals surface area contributed by atoms with Crippen molar-refractivity contribution in [1.29, 1.82) is 0 Å². The molecule has 0 aliphatic carbocycles. The molecule has 0 unspecified atom stereocenters. The van der Waals surface area contributed by atoms with Gasteiger partial charge in [-0.05, 0) is 0 Å². The average molecular weight is 262 g/mol. The minimum atomic E-state index is -1.16. The fraction of sp³-hybridized carbons (Fsp3) is 0.667. The number of hydrogen-bond acceptors (Lipinski definition) is 5. The molecule has 96 valence electrons. The summed E-state index contributed by atoms with van der Waals surface area (Å²) in [6.07, 6.45) is 0. The van der Waals surface area contributed by atoms with E-state index in [1.807, 2.05) is 0 Å². The summed E-state index contributed by atoms with van der Waals surface area (Å²) in [5, 5.41) is 10.4. The van der Waals surface area contributed by atoms with Crippen molar-refractivity contribution in [3.05, 3.63) is 0 Å². The molecule has 1 rings (SSSR count). The van der Waals surface area contributed by atoms with Gasteiger partial charge in [-0.2, -0.15) is 11.8 Å². The first kappa shape index (κ1) is 13.8. The molecule has 0 bridgehead atoms. The molecule has 7 nitrogen and oxygen atoms in total. The molecule has 1 aliphatic heterocycles. The van der Waals surface area contributed by atoms with E-state index in [1.165, 1.54) is 0 Å². The van der Waals surface area contributed by atoms with Crippen molar-refractivity contribution < 1.29 is 24.2 Å². The Balaban J connectivity index is 2.20. The van der Waals surface area contributed by atoms with Gasteiger partial charge in [-0.25, -0.2) is 9.59 Å². The maximum atomic E-state index is 11.5. The first-order chi connectivity index (χ1) is 8.09. The number of urea groups is 1. The summed E-state index contributed by atoms with van der Waals surface area (Å²) < 4.78 is 4.56. The second kappa shape index (κ2) is 7.13. The van der Waals surface area contributed by atoms with Gasteiger partial charge in [0.1, 0.15) is 13.2 Å². The first-order valence-electron chi connectivity index (χ1n) is 5.05. The lowest BCUT2D eigenvalue weighted by atomic mass is 10.5. The molecule has 0 saturated carbocycles. The van der Waals surface area contributed by atoms with Crippen molar-refractivity contribution in [2.75, 3.05) is 37.8 Å². The fourth-order valence-electron chi connectivity index (χ4n) is 1.23. The number of hydrogen-bond donors (Lipinski definition) is 2. The molecule has 0 aromatic carbocycles. The van der Waals surface area contributed by atoms with Crippen LogP contribution in [0.3, 0.4) is 0 Å². The molecular formula is C9H14N2O5S. The Bertz CT molecular complexity index is 304. The second-order valence-corrected chi connectivity index (χ2v) is 4.56. The maximum Gasteiger partial charge on any atom is 0.329 e. The van der Waals surface area contributed by atoms with Gasteiger partial charge in [-0.3, -0.25) is 10.1 Å². The summed E-state index contributed by atoms with van der Waals surface area (Å²) in [6.45, 7) is 0.238. The minimum absolute atomic E-state index is 0.430. The van der Waals surface area contributed by atoms with Crippen LogP contribution in [-0.4, -0.2) is 65.7 Å². The molecule has 3 amide bonds. The first-order valence-corrected chi connectivity index (χ1v) is 6.21. The van der Waals surface area contributed by atoms with E-state index in [9.17, 15) is 14.4 Å². The monoisotopic (exact) mass is 262 g/mol. The second-order valence-electron chi connectivity index (χ2n) is 3.34. The van der Waals surface area contributed by atoms with E-state index in [0.717, 1.165) is 11.5 Å². The molecule has 0 aromatic rings. The SMILES string of the molecule is O=C(O)COCC(=O)NC(=O)N1CCSCC1. The topological polar surface area (TPSA) is 95.9 Å². The van der Waals surface area contributed by atoms with Crippen LogP contribution in [0.2, 0.25) is 0 Å². The van der Waals surface area contributed by atoms with Crippen LogP contribution in [0.4, 0.5) is 4.79 Å². The molecule has 0 radical (unpaired) electrons. The Hall–Kier alpha value is -1.28. The molecule has 1 fully saturated rings. The summed E-state index contributed by atoms with van der Waals surface area (Å²) in [5.41, 5.74) is 0. The molecule has 1 saturated heterocycles. The van der Waals surface area contributed by atoms with Crippen molar-refractivity contribution in [1.82, 2.24) is 10.2 Å². The van der Waals surface area contributed by atoms with E-state index < -0.39 is 31.1 Å². The quantitative estimate of drug-likeness (QED) is 0.700. The third-order valence-corrected chi connectivity index (χ3v) is 2.95. The fourth-order valence-corrected chi connectivity index (χ4v) is 2.13. The molecule has 8 heteroatoms. The predicted molar refractivity (Wildman–Crippen MR) is 60.9 cm³/mol. The smallest absolute Gasteiger partial charge is 0.329 e. The van der Waals surface area contributed by atoms with Crippen molar-refractivity contribution in [3.63, 3.8) is 0 Å². The zero-order valence-corrected chi connectivity index (χ0v) is 9.99. The maximum absolute atomic E-state index is 11.5. The number of carboxylic acids is 1. The lowest BCUT2D eigenvalue weighted by Gasteiger charge is -2.26. The molecule has 0 aromatic heterocycles. The van der Waals surface area contributed by atoms with E-state index in [-0.39, 0.29) is 0 Å². The molecular weight excluding hydrogens is 248 g/mol. The van der Waals surface area contributed by atoms with E-state index in [2.05, 4.69) is 10.1 Å². The number of ether oxygens (including phenoxy) is 1. The lowest BCUT2D eigenvalue weighted by molar-refractivity contribution is -0.143. The summed E-state index contributed by atoms with van der Waals surface area (Å²) in [6, 6.07) is -0.450. The standard InChI is InChI=1S/C9H14N2O5S/c12-7(5-16-6-8(13)14)10-9(15)11-1-3-17-4-2-11/h1-6H2,(H,13,14)(H,10,12,15). The van der Waals surface area contributed by atoms with Gasteiger partial charge in [-0.15, -0.1) is 0 Å². The highest BCUT2D eigenvalue weighted by Crippen LogP contribution is 2.08. The van der Waals surface area contributed by atoms with Crippen LogP contribution in [0.25, 0.3) is 0 Å². The number of imide groups is 1. The van der Waals surface area contributed by atoms with Gasteiger partial charge in [0.05, 0.1) is 0 Å². The van der Waals surface area contributed by atoms with Crippen LogP contribution in [0.5, 0.6) is 0 Å². The van der Waals surface area contributed by atoms with Gasteiger partial charge in [0.15, 0.2) is 0 Å². The summed E-state index contributed by atoms with van der Waals surface area (Å²) in [7, 11) is 0. The van der Waals surface area contributed by atoms with Gasteiger partial charge < -0.3 is 14.7 Å². The van der Waals surface area contributed by atoms with E-state index >= 15 is 0 Å². The Morgan fingerprint density at radius 2 is 1.88 bits per heavy atom. The lowest BCUT2D eigenvalue weighted by Crippen LogP contribution is -2.47. The van der Waals surface area contributed by atoms with Crippen LogP contribution >= 0.6 is 11.8 Å².